The lowest BCUT2D eigenvalue weighted by atomic mass is 9.84. The van der Waals surface area contributed by atoms with Crippen molar-refractivity contribution in [1.29, 1.82) is 0 Å². The van der Waals surface area contributed by atoms with Crippen molar-refractivity contribution in [3.8, 4) is 0 Å². The molecule has 1 heterocycles. The Morgan fingerprint density at radius 3 is 1.91 bits per heavy atom. The van der Waals surface area contributed by atoms with Gasteiger partial charge in [0.2, 0.25) is 0 Å². The lowest BCUT2D eigenvalue weighted by molar-refractivity contribution is -0.143. The van der Waals surface area contributed by atoms with Crippen LogP contribution < -0.4 is 0 Å². The smallest absolute Gasteiger partial charge is 0.305 e. The van der Waals surface area contributed by atoms with Crippen molar-refractivity contribution in [3.63, 3.8) is 0 Å². The van der Waals surface area contributed by atoms with Crippen LogP contribution in [-0.2, 0) is 22.4 Å². The van der Waals surface area contributed by atoms with Gasteiger partial charge in [0.05, 0.1) is 18.0 Å². The fourth-order valence-electron chi connectivity index (χ4n) is 4.21. The molecule has 0 N–H and O–H groups in total. The van der Waals surface area contributed by atoms with Crippen LogP contribution in [0.15, 0.2) is 67.0 Å². The van der Waals surface area contributed by atoms with Crippen molar-refractivity contribution in [3.05, 3.63) is 95.1 Å². The molecule has 4 nitrogen and oxygen atoms in total. The van der Waals surface area contributed by atoms with Crippen LogP contribution in [0.2, 0.25) is 0 Å². The average molecular weight is 431 g/mol. The zero-order valence-corrected chi connectivity index (χ0v) is 19.3. The summed E-state index contributed by atoms with van der Waals surface area (Å²) in [6.45, 7) is 4.48. The highest BCUT2D eigenvalue weighted by Crippen LogP contribution is 2.33. The van der Waals surface area contributed by atoms with E-state index in [9.17, 15) is 4.79 Å². The van der Waals surface area contributed by atoms with Gasteiger partial charge in [0.1, 0.15) is 6.33 Å². The normalized spacial score (nSPS) is 11.8. The average Bonchev–Trinajstić information content (AvgIpc) is 2.81. The number of ether oxygens (including phenoxy) is 1. The zero-order chi connectivity index (χ0) is 22.6. The minimum atomic E-state index is -0.125. The van der Waals surface area contributed by atoms with Gasteiger partial charge in [-0.25, -0.2) is 9.97 Å². The fourth-order valence-corrected chi connectivity index (χ4v) is 4.21. The summed E-state index contributed by atoms with van der Waals surface area (Å²) in [6.07, 6.45) is 7.66. The van der Waals surface area contributed by atoms with Gasteiger partial charge in [0.15, 0.2) is 0 Å². The van der Waals surface area contributed by atoms with E-state index >= 15 is 0 Å². The topological polar surface area (TPSA) is 52.1 Å². The molecule has 0 spiro atoms. The van der Waals surface area contributed by atoms with Crippen LogP contribution in [0.4, 0.5) is 0 Å². The third kappa shape index (κ3) is 7.01. The van der Waals surface area contributed by atoms with Gasteiger partial charge in [-0.15, -0.1) is 0 Å². The number of rotatable bonds is 12. The van der Waals surface area contributed by atoms with E-state index in [0.29, 0.717) is 13.0 Å². The van der Waals surface area contributed by atoms with Crippen molar-refractivity contribution in [2.75, 3.05) is 6.61 Å². The molecule has 0 bridgehead atoms. The summed E-state index contributed by atoms with van der Waals surface area (Å²) in [5.74, 6) is 0.109. The predicted molar refractivity (Wildman–Crippen MR) is 129 cm³/mol. The molecule has 0 aliphatic carbocycles. The molecule has 0 aliphatic rings. The number of carbonyl (C=O) groups is 1. The Morgan fingerprint density at radius 1 is 0.844 bits per heavy atom. The van der Waals surface area contributed by atoms with Gasteiger partial charge in [-0.05, 0) is 42.4 Å². The molecule has 0 fully saturated rings. The van der Waals surface area contributed by atoms with Crippen LogP contribution in [0.3, 0.4) is 0 Å². The Labute approximate surface area is 192 Å². The molecule has 4 heteroatoms. The Hall–Kier alpha value is -3.01. The van der Waals surface area contributed by atoms with Crippen LogP contribution in [0, 0.1) is 0 Å². The molecule has 0 saturated carbocycles. The lowest BCUT2D eigenvalue weighted by Gasteiger charge is -2.23. The Kier molecular flexibility index (Phi) is 9.42. The van der Waals surface area contributed by atoms with Gasteiger partial charge in [-0.1, -0.05) is 80.4 Å². The van der Waals surface area contributed by atoms with Gasteiger partial charge in [0.25, 0.3) is 0 Å². The van der Waals surface area contributed by atoms with Crippen LogP contribution in [0.5, 0.6) is 0 Å². The lowest BCUT2D eigenvalue weighted by Crippen LogP contribution is -2.14. The summed E-state index contributed by atoms with van der Waals surface area (Å²) in [5.41, 5.74) is 5.83. The standard InChI is InChI=1S/C28H34N2O2/c1-3-5-16-24(17-18-27(31)32-4-2)28-25(19-22-12-8-6-9-13-22)29-21-30-26(28)20-23-14-10-7-11-15-23/h6-15,21,24H,3-5,16-20H2,1-2H3. The highest BCUT2D eigenvalue weighted by atomic mass is 16.5. The maximum absolute atomic E-state index is 12.2. The first kappa shape index (κ1) is 23.6. The summed E-state index contributed by atoms with van der Waals surface area (Å²) in [5, 5.41) is 0. The second-order valence-corrected chi connectivity index (χ2v) is 8.19. The molecule has 168 valence electrons. The molecular weight excluding hydrogens is 396 g/mol. The molecule has 32 heavy (non-hydrogen) atoms. The van der Waals surface area contributed by atoms with E-state index in [1.807, 2.05) is 19.1 Å². The third-order valence-corrected chi connectivity index (χ3v) is 5.79. The second kappa shape index (κ2) is 12.7. The molecule has 3 aromatic rings. The van der Waals surface area contributed by atoms with Gasteiger partial charge in [0, 0.05) is 19.3 Å². The quantitative estimate of drug-likeness (QED) is 0.318. The third-order valence-electron chi connectivity index (χ3n) is 5.79. The highest BCUT2D eigenvalue weighted by Gasteiger charge is 2.22. The van der Waals surface area contributed by atoms with Crippen LogP contribution in [0.25, 0.3) is 0 Å². The molecule has 0 radical (unpaired) electrons. The van der Waals surface area contributed by atoms with E-state index in [4.69, 9.17) is 14.7 Å². The molecule has 0 saturated heterocycles. The van der Waals surface area contributed by atoms with E-state index in [1.165, 1.54) is 16.7 Å². The molecular formula is C28H34N2O2. The summed E-state index contributed by atoms with van der Waals surface area (Å²) in [7, 11) is 0. The Morgan fingerprint density at radius 2 is 1.41 bits per heavy atom. The van der Waals surface area contributed by atoms with Crippen molar-refractivity contribution in [2.45, 2.75) is 64.7 Å². The number of carbonyl (C=O) groups excluding carboxylic acids is 1. The first-order chi connectivity index (χ1) is 15.7. The SMILES string of the molecule is CCCCC(CCC(=O)OCC)c1c(Cc2ccccc2)ncnc1Cc1ccccc1. The van der Waals surface area contributed by atoms with Crippen molar-refractivity contribution in [2.24, 2.45) is 0 Å². The number of unbranched alkanes of at least 4 members (excludes halogenated alkanes) is 1. The molecule has 3 rings (SSSR count). The van der Waals surface area contributed by atoms with Gasteiger partial charge >= 0.3 is 5.97 Å². The maximum Gasteiger partial charge on any atom is 0.305 e. The second-order valence-electron chi connectivity index (χ2n) is 8.19. The molecule has 1 unspecified atom stereocenters. The summed E-state index contributed by atoms with van der Waals surface area (Å²) < 4.78 is 5.21. The minimum absolute atomic E-state index is 0.125. The highest BCUT2D eigenvalue weighted by molar-refractivity contribution is 5.69. The fraction of sp³-hybridized carbons (Fsp3) is 0.393. The monoisotopic (exact) mass is 430 g/mol. The number of benzene rings is 2. The van der Waals surface area contributed by atoms with E-state index in [1.54, 1.807) is 6.33 Å². The van der Waals surface area contributed by atoms with Gasteiger partial charge in [-0.3, -0.25) is 4.79 Å². The predicted octanol–water partition coefficient (Wildman–Crippen LogP) is 6.28. The first-order valence-corrected chi connectivity index (χ1v) is 11.8. The number of esters is 1. The Bertz CT molecular complexity index is 898. The van der Waals surface area contributed by atoms with Crippen molar-refractivity contribution < 1.29 is 9.53 Å². The summed E-state index contributed by atoms with van der Waals surface area (Å²) >= 11 is 0. The van der Waals surface area contributed by atoms with E-state index in [2.05, 4.69) is 55.5 Å². The van der Waals surface area contributed by atoms with Crippen LogP contribution in [0.1, 0.15) is 79.9 Å². The number of nitrogens with zero attached hydrogens (tertiary/aromatic N) is 2. The number of hydrogen-bond donors (Lipinski definition) is 0. The Balaban J connectivity index is 1.98. The summed E-state index contributed by atoms with van der Waals surface area (Å²) in [4.78, 5) is 21.6. The zero-order valence-electron chi connectivity index (χ0n) is 19.3. The molecule has 1 atom stereocenters. The van der Waals surface area contributed by atoms with E-state index < -0.39 is 0 Å². The van der Waals surface area contributed by atoms with Gasteiger partial charge in [-0.2, -0.15) is 0 Å². The molecule has 1 aromatic heterocycles. The number of hydrogen-bond acceptors (Lipinski definition) is 4. The largest absolute Gasteiger partial charge is 0.466 e. The van der Waals surface area contributed by atoms with Gasteiger partial charge < -0.3 is 4.74 Å². The maximum atomic E-state index is 12.2. The number of aromatic nitrogens is 2. The van der Waals surface area contributed by atoms with Crippen LogP contribution >= 0.6 is 0 Å². The van der Waals surface area contributed by atoms with Crippen molar-refractivity contribution in [1.82, 2.24) is 9.97 Å². The summed E-state index contributed by atoms with van der Waals surface area (Å²) in [6, 6.07) is 20.9. The molecule has 0 amide bonds. The van der Waals surface area contributed by atoms with Crippen molar-refractivity contribution >= 4 is 5.97 Å². The van der Waals surface area contributed by atoms with E-state index in [0.717, 1.165) is 49.9 Å². The van der Waals surface area contributed by atoms with Crippen LogP contribution in [-0.4, -0.2) is 22.5 Å². The molecule has 0 aliphatic heterocycles. The first-order valence-electron chi connectivity index (χ1n) is 11.8. The minimum Gasteiger partial charge on any atom is -0.466 e. The molecule has 2 aromatic carbocycles. The van der Waals surface area contributed by atoms with E-state index in [-0.39, 0.29) is 11.9 Å².